The van der Waals surface area contributed by atoms with Gasteiger partial charge in [0.1, 0.15) is 5.69 Å². The quantitative estimate of drug-likeness (QED) is 0.730. The lowest BCUT2D eigenvalue weighted by Crippen LogP contribution is -2.31. The van der Waals surface area contributed by atoms with E-state index in [1.165, 1.54) is 12.8 Å². The molecule has 0 bridgehead atoms. The first-order valence-corrected chi connectivity index (χ1v) is 9.67. The van der Waals surface area contributed by atoms with Gasteiger partial charge in [-0.2, -0.15) is 4.98 Å². The molecule has 1 aliphatic heterocycles. The Kier molecular flexibility index (Phi) is 4.50. The summed E-state index contributed by atoms with van der Waals surface area (Å²) in [6.07, 6.45) is 10.1. The van der Waals surface area contributed by atoms with Crippen molar-refractivity contribution < 1.29 is 5.11 Å². The summed E-state index contributed by atoms with van der Waals surface area (Å²) in [7, 11) is 0. The number of fused-ring (bicyclic) bond motifs is 1. The molecular formula is C21H27N5O. The Bertz CT molecular complexity index is 882. The standard InChI is InChI=1S/C21H27N5O/c1-21(2,3)14-6-8-15(9-7-14)24-20-25-17(19(27)26-20)11-13-12-23-18-16(13)5-4-10-22-18/h4-5,10-12,14-15,27H,6-9H2,1-3H3,(H2,24,25,26). The van der Waals surface area contributed by atoms with Gasteiger partial charge in [0.05, 0.1) is 0 Å². The molecule has 0 aromatic carbocycles. The number of rotatable bonds is 3. The van der Waals surface area contributed by atoms with Crippen LogP contribution in [0.15, 0.2) is 23.3 Å². The number of allylic oxidation sites excluding steroid dienone is 1. The molecule has 1 aliphatic carbocycles. The van der Waals surface area contributed by atoms with Gasteiger partial charge in [0.2, 0.25) is 11.8 Å². The number of aromatic nitrogens is 3. The molecule has 6 heteroatoms. The van der Waals surface area contributed by atoms with Crippen molar-refractivity contribution >= 4 is 29.6 Å². The lowest BCUT2D eigenvalue weighted by atomic mass is 9.71. The second-order valence-electron chi connectivity index (χ2n) is 8.61. The van der Waals surface area contributed by atoms with E-state index in [9.17, 15) is 5.11 Å². The summed E-state index contributed by atoms with van der Waals surface area (Å²) in [6, 6.07) is 4.25. The van der Waals surface area contributed by atoms with Gasteiger partial charge in [-0.05, 0) is 55.2 Å². The van der Waals surface area contributed by atoms with Gasteiger partial charge in [0.15, 0.2) is 5.82 Å². The van der Waals surface area contributed by atoms with Crippen LogP contribution >= 0.6 is 0 Å². The minimum atomic E-state index is -0.000817. The van der Waals surface area contributed by atoms with Crippen LogP contribution in [0.4, 0.5) is 11.8 Å². The van der Waals surface area contributed by atoms with Gasteiger partial charge in [0.25, 0.3) is 0 Å². The van der Waals surface area contributed by atoms with E-state index in [-0.39, 0.29) is 5.88 Å². The highest BCUT2D eigenvalue weighted by atomic mass is 16.3. The van der Waals surface area contributed by atoms with Crippen molar-refractivity contribution in [3.05, 3.63) is 29.6 Å². The molecule has 0 amide bonds. The Hall–Kier alpha value is -2.63. The summed E-state index contributed by atoms with van der Waals surface area (Å²) in [6.45, 7) is 6.99. The molecule has 4 rings (SSSR count). The number of anilines is 1. The van der Waals surface area contributed by atoms with Gasteiger partial charge in [0, 0.05) is 29.6 Å². The van der Waals surface area contributed by atoms with Crippen molar-refractivity contribution in [2.75, 3.05) is 5.32 Å². The number of pyridine rings is 1. The summed E-state index contributed by atoms with van der Waals surface area (Å²) in [5, 5.41) is 13.7. The number of aromatic hydroxyl groups is 1. The molecular weight excluding hydrogens is 338 g/mol. The molecule has 6 nitrogen and oxygen atoms in total. The van der Waals surface area contributed by atoms with Gasteiger partial charge in [-0.1, -0.05) is 20.8 Å². The third-order valence-electron chi connectivity index (χ3n) is 5.73. The van der Waals surface area contributed by atoms with Crippen molar-refractivity contribution in [1.29, 1.82) is 0 Å². The number of hydrogen-bond acceptors (Lipinski definition) is 5. The highest BCUT2D eigenvalue weighted by Gasteiger charge is 2.30. The minimum Gasteiger partial charge on any atom is -0.492 e. The largest absolute Gasteiger partial charge is 0.492 e. The molecule has 2 aromatic rings. The molecule has 0 unspecified atom stereocenters. The van der Waals surface area contributed by atoms with Crippen molar-refractivity contribution in [2.24, 2.45) is 16.3 Å². The van der Waals surface area contributed by atoms with Gasteiger partial charge in [-0.3, -0.25) is 0 Å². The predicted octanol–water partition coefficient (Wildman–Crippen LogP) is 4.78. The smallest absolute Gasteiger partial charge is 0.238 e. The SMILES string of the molecule is CC(C)(C)C1CCC(Nc2nc(O)c(C=C3C=Nc4ncccc43)[nH]2)CC1. The van der Waals surface area contributed by atoms with Crippen molar-refractivity contribution in [3.8, 4) is 5.88 Å². The van der Waals surface area contributed by atoms with Crippen molar-refractivity contribution in [1.82, 2.24) is 15.0 Å². The fourth-order valence-electron chi connectivity index (χ4n) is 4.04. The number of H-pyrrole nitrogens is 1. The zero-order valence-corrected chi connectivity index (χ0v) is 16.2. The fraction of sp³-hybridized carbons (Fsp3) is 0.476. The summed E-state index contributed by atoms with van der Waals surface area (Å²) < 4.78 is 0. The van der Waals surface area contributed by atoms with Crippen LogP contribution < -0.4 is 5.32 Å². The van der Waals surface area contributed by atoms with Crippen LogP contribution in [-0.4, -0.2) is 32.3 Å². The Labute approximate surface area is 159 Å². The van der Waals surface area contributed by atoms with Gasteiger partial charge in [-0.15, -0.1) is 0 Å². The van der Waals surface area contributed by atoms with Crippen LogP contribution in [0.2, 0.25) is 0 Å². The zero-order chi connectivity index (χ0) is 19.0. The number of aliphatic imine (C=N–C) groups is 1. The maximum absolute atomic E-state index is 10.2. The topological polar surface area (TPSA) is 86.2 Å². The number of hydrogen-bond donors (Lipinski definition) is 3. The molecule has 1 saturated carbocycles. The van der Waals surface area contributed by atoms with Crippen LogP contribution in [0.5, 0.6) is 5.88 Å². The van der Waals surface area contributed by atoms with E-state index in [1.807, 2.05) is 18.2 Å². The Morgan fingerprint density at radius 1 is 1.22 bits per heavy atom. The highest BCUT2D eigenvalue weighted by Crippen LogP contribution is 2.38. The molecule has 2 aromatic heterocycles. The molecule has 0 saturated heterocycles. The molecule has 3 N–H and O–H groups in total. The summed E-state index contributed by atoms with van der Waals surface area (Å²) in [5.74, 6) is 2.10. The maximum atomic E-state index is 10.2. The zero-order valence-electron chi connectivity index (χ0n) is 16.2. The first kappa shape index (κ1) is 17.8. The van der Waals surface area contributed by atoms with E-state index in [4.69, 9.17) is 0 Å². The Balaban J connectivity index is 1.44. The molecule has 2 aliphatic rings. The average Bonchev–Trinajstić information content (AvgIpc) is 3.19. The number of imidazole rings is 1. The van der Waals surface area contributed by atoms with Crippen LogP contribution in [-0.2, 0) is 0 Å². The van der Waals surface area contributed by atoms with Crippen molar-refractivity contribution in [2.45, 2.75) is 52.5 Å². The molecule has 1 fully saturated rings. The van der Waals surface area contributed by atoms with E-state index in [0.29, 0.717) is 28.9 Å². The van der Waals surface area contributed by atoms with E-state index in [0.717, 1.165) is 29.9 Å². The van der Waals surface area contributed by atoms with Crippen LogP contribution in [0.3, 0.4) is 0 Å². The minimum absolute atomic E-state index is 0.000817. The predicted molar refractivity (Wildman–Crippen MR) is 109 cm³/mol. The lowest BCUT2D eigenvalue weighted by Gasteiger charge is -2.37. The molecule has 0 atom stereocenters. The van der Waals surface area contributed by atoms with Crippen LogP contribution in [0, 0.1) is 11.3 Å². The summed E-state index contributed by atoms with van der Waals surface area (Å²) >= 11 is 0. The molecule has 0 spiro atoms. The first-order chi connectivity index (χ1) is 12.9. The van der Waals surface area contributed by atoms with E-state index >= 15 is 0 Å². The van der Waals surface area contributed by atoms with Crippen LogP contribution in [0.1, 0.15) is 57.7 Å². The molecule has 3 heterocycles. The first-order valence-electron chi connectivity index (χ1n) is 9.67. The molecule has 27 heavy (non-hydrogen) atoms. The number of nitrogens with zero attached hydrogens (tertiary/aromatic N) is 3. The van der Waals surface area contributed by atoms with Gasteiger partial charge < -0.3 is 15.4 Å². The van der Waals surface area contributed by atoms with Crippen LogP contribution in [0.25, 0.3) is 11.6 Å². The second kappa shape index (κ2) is 6.83. The van der Waals surface area contributed by atoms with Crippen molar-refractivity contribution in [3.63, 3.8) is 0 Å². The number of nitrogens with one attached hydrogen (secondary N) is 2. The summed E-state index contributed by atoms with van der Waals surface area (Å²) in [5.41, 5.74) is 2.83. The fourth-order valence-corrected chi connectivity index (χ4v) is 4.04. The normalized spacial score (nSPS) is 23.6. The monoisotopic (exact) mass is 365 g/mol. The van der Waals surface area contributed by atoms with E-state index in [2.05, 4.69) is 46.0 Å². The van der Waals surface area contributed by atoms with E-state index < -0.39 is 0 Å². The Morgan fingerprint density at radius 2 is 2.00 bits per heavy atom. The second-order valence-corrected chi connectivity index (χ2v) is 8.61. The van der Waals surface area contributed by atoms with Gasteiger partial charge >= 0.3 is 0 Å². The summed E-state index contributed by atoms with van der Waals surface area (Å²) in [4.78, 5) is 16.0. The average molecular weight is 365 g/mol. The Morgan fingerprint density at radius 3 is 2.74 bits per heavy atom. The lowest BCUT2D eigenvalue weighted by molar-refractivity contribution is 0.173. The third kappa shape index (κ3) is 3.75. The maximum Gasteiger partial charge on any atom is 0.238 e. The third-order valence-corrected chi connectivity index (χ3v) is 5.73. The van der Waals surface area contributed by atoms with E-state index in [1.54, 1.807) is 12.4 Å². The van der Waals surface area contributed by atoms with Gasteiger partial charge in [-0.25, -0.2) is 9.98 Å². The molecule has 142 valence electrons. The highest BCUT2D eigenvalue weighted by molar-refractivity contribution is 6.20. The number of aromatic amines is 1. The molecule has 0 radical (unpaired) electrons.